The van der Waals surface area contributed by atoms with Crippen molar-refractivity contribution < 1.29 is 8.42 Å². The molecule has 0 amide bonds. The standard InChI is InChI=1S/C17H25N3O2S.ClH/c1-18-23(21,22)8-6-13-3-4-17-16(10-13)15(11-19-17)9-14-5-7-20(2)12-14;/h3-4,10-11,14,18-19H,5-9,12H2,1-2H3;1H. The van der Waals surface area contributed by atoms with E-state index in [9.17, 15) is 8.42 Å². The Kier molecular flexibility index (Phi) is 6.31. The number of hydrogen-bond donors (Lipinski definition) is 2. The van der Waals surface area contributed by atoms with Crippen LogP contribution in [0.1, 0.15) is 17.5 Å². The number of aryl methyl sites for hydroxylation is 1. The molecule has 1 aliphatic heterocycles. The van der Waals surface area contributed by atoms with Crippen LogP contribution >= 0.6 is 12.4 Å². The molecule has 1 saturated heterocycles. The second-order valence-corrected chi connectivity index (χ2v) is 8.63. The monoisotopic (exact) mass is 371 g/mol. The van der Waals surface area contributed by atoms with Crippen LogP contribution in [0.4, 0.5) is 0 Å². The maximum atomic E-state index is 11.6. The Bertz CT molecular complexity index is 788. The second kappa shape index (κ2) is 7.87. The van der Waals surface area contributed by atoms with Crippen molar-refractivity contribution in [2.45, 2.75) is 19.3 Å². The zero-order valence-electron chi connectivity index (χ0n) is 14.2. The van der Waals surface area contributed by atoms with E-state index in [2.05, 4.69) is 40.0 Å². The molecule has 5 nitrogen and oxygen atoms in total. The Morgan fingerprint density at radius 3 is 2.83 bits per heavy atom. The van der Waals surface area contributed by atoms with Gasteiger partial charge in [0.15, 0.2) is 0 Å². The molecule has 7 heteroatoms. The average molecular weight is 372 g/mol. The maximum Gasteiger partial charge on any atom is 0.211 e. The lowest BCUT2D eigenvalue weighted by molar-refractivity contribution is 0.394. The summed E-state index contributed by atoms with van der Waals surface area (Å²) >= 11 is 0. The first-order valence-electron chi connectivity index (χ1n) is 8.15. The number of H-pyrrole nitrogens is 1. The SMILES string of the molecule is CNS(=O)(=O)CCc1ccc2[nH]cc(CC3CCN(C)C3)c2c1.Cl. The van der Waals surface area contributed by atoms with Crippen molar-refractivity contribution in [3.05, 3.63) is 35.5 Å². The van der Waals surface area contributed by atoms with E-state index in [0.717, 1.165) is 24.0 Å². The smallest absolute Gasteiger partial charge is 0.211 e. The molecule has 1 aromatic heterocycles. The number of halogens is 1. The summed E-state index contributed by atoms with van der Waals surface area (Å²) in [5, 5.41) is 1.24. The molecule has 1 aromatic carbocycles. The summed E-state index contributed by atoms with van der Waals surface area (Å²) in [7, 11) is 0.480. The summed E-state index contributed by atoms with van der Waals surface area (Å²) in [4.78, 5) is 5.72. The van der Waals surface area contributed by atoms with Crippen molar-refractivity contribution in [1.29, 1.82) is 0 Å². The first-order chi connectivity index (χ1) is 11.0. The molecule has 0 bridgehead atoms. The Balaban J connectivity index is 0.00000208. The Labute approximate surface area is 150 Å². The topological polar surface area (TPSA) is 65.2 Å². The highest BCUT2D eigenvalue weighted by Gasteiger charge is 2.20. The molecule has 3 rings (SSSR count). The van der Waals surface area contributed by atoms with Gasteiger partial charge in [0.1, 0.15) is 0 Å². The molecule has 1 unspecified atom stereocenters. The van der Waals surface area contributed by atoms with Crippen molar-refractivity contribution >= 4 is 33.3 Å². The number of rotatable bonds is 6. The van der Waals surface area contributed by atoms with Crippen molar-refractivity contribution in [3.63, 3.8) is 0 Å². The van der Waals surface area contributed by atoms with Gasteiger partial charge in [-0.3, -0.25) is 0 Å². The second-order valence-electron chi connectivity index (χ2n) is 6.59. The van der Waals surface area contributed by atoms with E-state index in [4.69, 9.17) is 0 Å². The van der Waals surface area contributed by atoms with Crippen molar-refractivity contribution in [2.24, 2.45) is 5.92 Å². The number of nitrogens with one attached hydrogen (secondary N) is 2. The normalized spacial score (nSPS) is 18.8. The van der Waals surface area contributed by atoms with Crippen LogP contribution in [-0.4, -0.2) is 51.2 Å². The van der Waals surface area contributed by atoms with Gasteiger partial charge >= 0.3 is 0 Å². The number of hydrogen-bond acceptors (Lipinski definition) is 3. The van der Waals surface area contributed by atoms with Crippen LogP contribution in [0.25, 0.3) is 10.9 Å². The van der Waals surface area contributed by atoms with Crippen LogP contribution in [0, 0.1) is 5.92 Å². The molecule has 134 valence electrons. The van der Waals surface area contributed by atoms with Crippen LogP contribution in [0.3, 0.4) is 0 Å². The average Bonchev–Trinajstić information content (AvgIpc) is 3.12. The van der Waals surface area contributed by atoms with E-state index in [-0.39, 0.29) is 18.2 Å². The predicted molar refractivity (Wildman–Crippen MR) is 101 cm³/mol. The Morgan fingerprint density at radius 2 is 2.17 bits per heavy atom. The Morgan fingerprint density at radius 1 is 1.38 bits per heavy atom. The van der Waals surface area contributed by atoms with E-state index in [1.807, 2.05) is 6.07 Å². The maximum absolute atomic E-state index is 11.6. The highest BCUT2D eigenvalue weighted by atomic mass is 35.5. The number of sulfonamides is 1. The van der Waals surface area contributed by atoms with Crippen molar-refractivity contribution in [3.8, 4) is 0 Å². The van der Waals surface area contributed by atoms with Crippen LogP contribution < -0.4 is 4.72 Å². The minimum absolute atomic E-state index is 0. The first kappa shape index (κ1) is 19.2. The minimum atomic E-state index is -3.16. The van der Waals surface area contributed by atoms with E-state index in [1.165, 1.54) is 31.0 Å². The predicted octanol–water partition coefficient (Wildman–Crippen LogP) is 2.18. The number of fused-ring (bicyclic) bond motifs is 1. The quantitative estimate of drug-likeness (QED) is 0.817. The van der Waals surface area contributed by atoms with Crippen LogP contribution in [0.5, 0.6) is 0 Å². The van der Waals surface area contributed by atoms with E-state index < -0.39 is 10.0 Å². The van der Waals surface area contributed by atoms with E-state index in [0.29, 0.717) is 12.3 Å². The zero-order valence-corrected chi connectivity index (χ0v) is 15.8. The first-order valence-corrected chi connectivity index (χ1v) is 9.81. The molecule has 1 fully saturated rings. The van der Waals surface area contributed by atoms with Gasteiger partial charge in [0.05, 0.1) is 5.75 Å². The molecule has 0 radical (unpaired) electrons. The van der Waals surface area contributed by atoms with Gasteiger partial charge in [0, 0.05) is 23.6 Å². The van der Waals surface area contributed by atoms with Crippen molar-refractivity contribution in [2.75, 3.05) is 32.9 Å². The number of aromatic nitrogens is 1. The van der Waals surface area contributed by atoms with Gasteiger partial charge in [-0.1, -0.05) is 6.07 Å². The fraction of sp³-hybridized carbons (Fsp3) is 0.529. The van der Waals surface area contributed by atoms with Gasteiger partial charge < -0.3 is 9.88 Å². The third-order valence-corrected chi connectivity index (χ3v) is 6.16. The van der Waals surface area contributed by atoms with Gasteiger partial charge in [-0.05, 0) is 69.1 Å². The lowest BCUT2D eigenvalue weighted by Gasteiger charge is -2.10. The largest absolute Gasteiger partial charge is 0.361 e. The molecule has 2 heterocycles. The lowest BCUT2D eigenvalue weighted by atomic mass is 9.97. The van der Waals surface area contributed by atoms with Gasteiger partial charge in [0.2, 0.25) is 10.0 Å². The molecule has 24 heavy (non-hydrogen) atoms. The summed E-state index contributed by atoms with van der Waals surface area (Å²) in [5.74, 6) is 0.842. The Hall–Kier alpha value is -1.08. The van der Waals surface area contributed by atoms with E-state index in [1.54, 1.807) is 0 Å². The molecule has 1 aliphatic rings. The zero-order chi connectivity index (χ0) is 16.4. The highest BCUT2D eigenvalue weighted by Crippen LogP contribution is 2.26. The molecule has 0 spiro atoms. The molecule has 1 atom stereocenters. The lowest BCUT2D eigenvalue weighted by Crippen LogP contribution is -2.23. The van der Waals surface area contributed by atoms with Gasteiger partial charge in [-0.25, -0.2) is 13.1 Å². The van der Waals surface area contributed by atoms with Crippen LogP contribution in [0.2, 0.25) is 0 Å². The van der Waals surface area contributed by atoms with Gasteiger partial charge in [0.25, 0.3) is 0 Å². The summed E-state index contributed by atoms with van der Waals surface area (Å²) in [6.45, 7) is 2.34. The van der Waals surface area contributed by atoms with Gasteiger partial charge in [-0.2, -0.15) is 0 Å². The number of aromatic amines is 1. The number of likely N-dealkylation sites (tertiary alicyclic amines) is 1. The molecule has 2 N–H and O–H groups in total. The van der Waals surface area contributed by atoms with Crippen LogP contribution in [0.15, 0.2) is 24.4 Å². The molecular formula is C17H26ClN3O2S. The fourth-order valence-corrected chi connectivity index (χ4v) is 4.12. The number of nitrogens with zero attached hydrogens (tertiary/aromatic N) is 1. The molecular weight excluding hydrogens is 346 g/mol. The summed E-state index contributed by atoms with van der Waals surface area (Å²) in [6, 6.07) is 6.21. The minimum Gasteiger partial charge on any atom is -0.361 e. The van der Waals surface area contributed by atoms with Crippen molar-refractivity contribution in [1.82, 2.24) is 14.6 Å². The van der Waals surface area contributed by atoms with Gasteiger partial charge in [-0.15, -0.1) is 12.4 Å². The summed E-state index contributed by atoms with van der Waals surface area (Å²) in [5.41, 5.74) is 3.55. The number of benzene rings is 1. The molecule has 0 aliphatic carbocycles. The highest BCUT2D eigenvalue weighted by molar-refractivity contribution is 7.89. The van der Waals surface area contributed by atoms with Crippen LogP contribution in [-0.2, 0) is 22.9 Å². The molecule has 0 saturated carbocycles. The third-order valence-electron chi connectivity index (χ3n) is 4.80. The summed E-state index contributed by atoms with van der Waals surface area (Å²) in [6.07, 6.45) is 4.99. The fourth-order valence-electron chi connectivity index (χ4n) is 3.41. The van der Waals surface area contributed by atoms with E-state index >= 15 is 0 Å². The molecule has 2 aromatic rings. The third kappa shape index (κ3) is 4.51. The summed E-state index contributed by atoms with van der Waals surface area (Å²) < 4.78 is 25.6.